The van der Waals surface area contributed by atoms with Crippen molar-refractivity contribution < 1.29 is 32.7 Å². The molecule has 0 saturated heterocycles. The van der Waals surface area contributed by atoms with Crippen molar-refractivity contribution in [3.05, 3.63) is 102 Å². The fourth-order valence-electron chi connectivity index (χ4n) is 1.73. The van der Waals surface area contributed by atoms with E-state index in [1.807, 2.05) is 68.5 Å². The minimum Gasteiger partial charge on any atom is -0.366 e. The topological polar surface area (TPSA) is 0 Å². The van der Waals surface area contributed by atoms with E-state index in [1.54, 1.807) is 0 Å². The molecular formula is C23H20Y-2. The molecule has 24 heavy (non-hydrogen) atoms. The first-order chi connectivity index (χ1) is 11.2. The normalized spacial score (nSPS) is 9.50. The summed E-state index contributed by atoms with van der Waals surface area (Å²) >= 11 is 0. The van der Waals surface area contributed by atoms with Crippen LogP contribution in [0.5, 0.6) is 0 Å². The van der Waals surface area contributed by atoms with Crippen molar-refractivity contribution in [3.8, 4) is 11.8 Å². The Labute approximate surface area is 172 Å². The molecule has 0 nitrogen and oxygen atoms in total. The Kier molecular flexibility index (Phi) is 12.5. The SMILES string of the molecule is [C-]#Cc1ccc(C)cc1.[C-]#Cc1ccc(C=CCC=CC)cc1.[Y]. The van der Waals surface area contributed by atoms with Gasteiger partial charge in [-0.15, -0.1) is 35.4 Å². The van der Waals surface area contributed by atoms with Crippen molar-refractivity contribution in [2.75, 3.05) is 0 Å². The third-order valence-electron chi connectivity index (χ3n) is 3.07. The van der Waals surface area contributed by atoms with Gasteiger partial charge in [0.15, 0.2) is 0 Å². The van der Waals surface area contributed by atoms with Gasteiger partial charge in [0.2, 0.25) is 0 Å². The molecule has 0 fully saturated rings. The molecule has 2 aromatic rings. The smallest absolute Gasteiger partial charge is 0 e. The molecular weight excluding hydrogens is 365 g/mol. The van der Waals surface area contributed by atoms with E-state index in [2.05, 4.69) is 30.1 Å². The van der Waals surface area contributed by atoms with Gasteiger partial charge in [-0.1, -0.05) is 54.1 Å². The first kappa shape index (κ1) is 22.1. The minimum absolute atomic E-state index is 0. The van der Waals surface area contributed by atoms with Gasteiger partial charge in [0.25, 0.3) is 0 Å². The molecule has 0 N–H and O–H groups in total. The Hall–Kier alpha value is -1.86. The van der Waals surface area contributed by atoms with Crippen LogP contribution in [-0.2, 0) is 32.7 Å². The molecule has 0 unspecified atom stereocenters. The van der Waals surface area contributed by atoms with E-state index in [9.17, 15) is 0 Å². The second-order valence-corrected chi connectivity index (χ2v) is 4.95. The maximum atomic E-state index is 6.93. The zero-order valence-electron chi connectivity index (χ0n) is 14.2. The van der Waals surface area contributed by atoms with E-state index in [1.165, 1.54) is 5.56 Å². The summed E-state index contributed by atoms with van der Waals surface area (Å²) in [7, 11) is 0. The number of allylic oxidation sites excluding steroid dienone is 3. The number of benzene rings is 2. The Bertz CT molecular complexity index is 718. The zero-order valence-corrected chi connectivity index (χ0v) is 17.1. The Balaban J connectivity index is 0.000000460. The van der Waals surface area contributed by atoms with Crippen molar-refractivity contribution in [2.45, 2.75) is 20.3 Å². The third kappa shape index (κ3) is 9.32. The average molecular weight is 385 g/mol. The molecule has 0 saturated carbocycles. The van der Waals surface area contributed by atoms with Crippen LogP contribution in [0.2, 0.25) is 0 Å². The Morgan fingerprint density at radius 1 is 0.833 bits per heavy atom. The predicted octanol–water partition coefficient (Wildman–Crippen LogP) is 5.53. The van der Waals surface area contributed by atoms with Crippen LogP contribution in [0.1, 0.15) is 35.6 Å². The molecule has 1 radical (unpaired) electrons. The quantitative estimate of drug-likeness (QED) is 0.370. The Morgan fingerprint density at radius 3 is 1.79 bits per heavy atom. The van der Waals surface area contributed by atoms with E-state index in [4.69, 9.17) is 12.8 Å². The van der Waals surface area contributed by atoms with Gasteiger partial charge >= 0.3 is 0 Å². The summed E-state index contributed by atoms with van der Waals surface area (Å²) in [6.07, 6.45) is 23.0. The minimum atomic E-state index is 0. The van der Waals surface area contributed by atoms with Gasteiger partial charge < -0.3 is 12.8 Å². The fraction of sp³-hybridized carbons (Fsp3) is 0.130. The molecule has 0 bridgehead atoms. The number of hydrogen-bond donors (Lipinski definition) is 0. The molecule has 2 rings (SSSR count). The van der Waals surface area contributed by atoms with E-state index < -0.39 is 0 Å². The average Bonchev–Trinajstić information content (AvgIpc) is 2.60. The van der Waals surface area contributed by atoms with Gasteiger partial charge in [0.05, 0.1) is 0 Å². The second kappa shape index (κ2) is 13.6. The van der Waals surface area contributed by atoms with Crippen LogP contribution in [0.4, 0.5) is 0 Å². The van der Waals surface area contributed by atoms with Crippen molar-refractivity contribution >= 4 is 6.08 Å². The van der Waals surface area contributed by atoms with Crippen LogP contribution in [0.15, 0.2) is 66.8 Å². The first-order valence-corrected chi connectivity index (χ1v) is 7.49. The van der Waals surface area contributed by atoms with Crippen molar-refractivity contribution in [1.29, 1.82) is 0 Å². The van der Waals surface area contributed by atoms with Gasteiger partial charge in [-0.3, -0.25) is 11.8 Å². The van der Waals surface area contributed by atoms with Gasteiger partial charge in [0.1, 0.15) is 0 Å². The summed E-state index contributed by atoms with van der Waals surface area (Å²) in [5.74, 6) is 4.65. The molecule has 1 heteroatoms. The van der Waals surface area contributed by atoms with E-state index in [0.29, 0.717) is 0 Å². The first-order valence-electron chi connectivity index (χ1n) is 7.49. The van der Waals surface area contributed by atoms with Crippen molar-refractivity contribution in [2.24, 2.45) is 0 Å². The van der Waals surface area contributed by atoms with Crippen molar-refractivity contribution in [3.63, 3.8) is 0 Å². The molecule has 0 heterocycles. The van der Waals surface area contributed by atoms with Gasteiger partial charge in [-0.25, -0.2) is 0 Å². The van der Waals surface area contributed by atoms with Crippen molar-refractivity contribution in [1.82, 2.24) is 0 Å². The molecule has 0 aliphatic rings. The van der Waals surface area contributed by atoms with Crippen LogP contribution in [-0.4, -0.2) is 0 Å². The maximum absolute atomic E-state index is 6.93. The summed E-state index contributed by atoms with van der Waals surface area (Å²) in [5.41, 5.74) is 4.03. The molecule has 117 valence electrons. The Morgan fingerprint density at radius 2 is 1.33 bits per heavy atom. The standard InChI is InChI=1S/C14H13.C9H7.Y/c1-3-5-6-7-8-14-11-9-13(4-2)10-12-14;1-3-9-6-4-8(2)5-7-9;/h3,5,7-12H,6H2,1H3;4-7H,2H3;/q2*-1;. The molecule has 0 spiro atoms. The van der Waals surface area contributed by atoms with Crippen LogP contribution in [0, 0.1) is 31.6 Å². The van der Waals surface area contributed by atoms with Crippen LogP contribution in [0.3, 0.4) is 0 Å². The van der Waals surface area contributed by atoms with Gasteiger partial charge in [-0.05, 0) is 25.8 Å². The van der Waals surface area contributed by atoms with Crippen LogP contribution >= 0.6 is 0 Å². The zero-order chi connectivity index (χ0) is 16.9. The van der Waals surface area contributed by atoms with E-state index in [-0.39, 0.29) is 32.7 Å². The summed E-state index contributed by atoms with van der Waals surface area (Å²) in [5, 5.41) is 0. The second-order valence-electron chi connectivity index (χ2n) is 4.95. The predicted molar refractivity (Wildman–Crippen MR) is 98.6 cm³/mol. The molecule has 0 aromatic heterocycles. The molecule has 2 aromatic carbocycles. The van der Waals surface area contributed by atoms with Gasteiger partial charge in [0, 0.05) is 32.7 Å². The van der Waals surface area contributed by atoms with Crippen LogP contribution < -0.4 is 0 Å². The largest absolute Gasteiger partial charge is 0.366 e. The maximum Gasteiger partial charge on any atom is 0 e. The molecule has 0 aliphatic heterocycles. The van der Waals surface area contributed by atoms with E-state index >= 15 is 0 Å². The van der Waals surface area contributed by atoms with Gasteiger partial charge in [-0.2, -0.15) is 0 Å². The molecule has 0 amide bonds. The summed E-state index contributed by atoms with van der Waals surface area (Å²) < 4.78 is 0. The van der Waals surface area contributed by atoms with Crippen LogP contribution in [0.25, 0.3) is 6.08 Å². The summed E-state index contributed by atoms with van der Waals surface area (Å²) in [6.45, 7) is 4.04. The monoisotopic (exact) mass is 385 g/mol. The molecule has 0 atom stereocenters. The fourth-order valence-corrected chi connectivity index (χ4v) is 1.73. The third-order valence-corrected chi connectivity index (χ3v) is 3.07. The number of rotatable bonds is 3. The number of hydrogen-bond acceptors (Lipinski definition) is 0. The summed E-state index contributed by atoms with van der Waals surface area (Å²) in [6, 6.07) is 15.5. The summed E-state index contributed by atoms with van der Waals surface area (Å²) in [4.78, 5) is 0. The van der Waals surface area contributed by atoms with E-state index in [0.717, 1.165) is 23.1 Å². The number of aryl methyl sites for hydroxylation is 1. The molecule has 0 aliphatic carbocycles.